The van der Waals surface area contributed by atoms with Gasteiger partial charge in [-0.15, -0.1) is 0 Å². The van der Waals surface area contributed by atoms with Crippen molar-refractivity contribution in [3.8, 4) is 67.3 Å². The van der Waals surface area contributed by atoms with Crippen molar-refractivity contribution in [1.29, 1.82) is 0 Å². The van der Waals surface area contributed by atoms with Crippen LogP contribution in [-0.4, -0.2) is 19.9 Å². The van der Waals surface area contributed by atoms with Crippen molar-refractivity contribution in [2.45, 2.75) is 0 Å². The first-order valence-corrected chi connectivity index (χ1v) is 16.7. The summed E-state index contributed by atoms with van der Waals surface area (Å²) in [6, 6.07) is 55.4. The molecular formula is C46H30N4. The second-order valence-corrected chi connectivity index (χ2v) is 12.3. The molecule has 234 valence electrons. The monoisotopic (exact) mass is 638 g/mol. The van der Waals surface area contributed by atoms with Crippen molar-refractivity contribution in [2.24, 2.45) is 0 Å². The summed E-state index contributed by atoms with van der Waals surface area (Å²) in [5.74, 6) is 0. The molecule has 0 aliphatic heterocycles. The maximum Gasteiger partial charge on any atom is 0.0725 e. The van der Waals surface area contributed by atoms with Gasteiger partial charge in [0.15, 0.2) is 0 Å². The van der Waals surface area contributed by atoms with E-state index in [1.165, 1.54) is 43.8 Å². The van der Waals surface area contributed by atoms with Crippen molar-refractivity contribution in [3.05, 3.63) is 183 Å². The lowest BCUT2D eigenvalue weighted by Crippen LogP contribution is -1.94. The largest absolute Gasteiger partial charge is 0.264 e. The summed E-state index contributed by atoms with van der Waals surface area (Å²) >= 11 is 0. The quantitative estimate of drug-likeness (QED) is 0.170. The average molecular weight is 639 g/mol. The van der Waals surface area contributed by atoms with Crippen LogP contribution in [0, 0.1) is 0 Å². The standard InChI is InChI=1S/C46H30N4/c1-3-11-31(12-4-1)45-37-23-21-34(42-18-8-20-44(50-42)36-16-10-26-48-30-36)28-40(37)46(32-13-5-2-6-14-32)38-24-22-33(27-39(38)45)41-17-7-19-43(49-41)35-15-9-25-47-29-35/h1-30H. The van der Waals surface area contributed by atoms with Crippen LogP contribution in [0.4, 0.5) is 0 Å². The number of aromatic nitrogens is 4. The van der Waals surface area contributed by atoms with Gasteiger partial charge in [0.1, 0.15) is 0 Å². The first kappa shape index (κ1) is 29.4. The van der Waals surface area contributed by atoms with Gasteiger partial charge in [0.05, 0.1) is 22.8 Å². The molecule has 4 nitrogen and oxygen atoms in total. The molecule has 4 heteroatoms. The minimum Gasteiger partial charge on any atom is -0.264 e. The topological polar surface area (TPSA) is 51.6 Å². The third-order valence-corrected chi connectivity index (χ3v) is 9.25. The Morgan fingerprint density at radius 2 is 0.680 bits per heavy atom. The van der Waals surface area contributed by atoms with Crippen molar-refractivity contribution in [2.75, 3.05) is 0 Å². The Bertz CT molecular complexity index is 2440. The van der Waals surface area contributed by atoms with E-state index in [0.717, 1.165) is 45.0 Å². The van der Waals surface area contributed by atoms with Crippen molar-refractivity contribution < 1.29 is 0 Å². The molecule has 9 rings (SSSR count). The lowest BCUT2D eigenvalue weighted by molar-refractivity contribution is 1.28. The smallest absolute Gasteiger partial charge is 0.0725 e. The molecule has 0 aliphatic rings. The molecule has 4 aromatic heterocycles. The predicted molar refractivity (Wildman–Crippen MR) is 205 cm³/mol. The van der Waals surface area contributed by atoms with E-state index >= 15 is 0 Å². The minimum absolute atomic E-state index is 0.899. The van der Waals surface area contributed by atoms with Gasteiger partial charge >= 0.3 is 0 Å². The van der Waals surface area contributed by atoms with Gasteiger partial charge in [-0.25, -0.2) is 9.97 Å². The molecule has 0 atom stereocenters. The lowest BCUT2D eigenvalue weighted by atomic mass is 9.84. The summed E-state index contributed by atoms with van der Waals surface area (Å²) in [4.78, 5) is 18.8. The van der Waals surface area contributed by atoms with Crippen molar-refractivity contribution >= 4 is 21.5 Å². The van der Waals surface area contributed by atoms with E-state index < -0.39 is 0 Å². The molecular weight excluding hydrogens is 609 g/mol. The zero-order valence-corrected chi connectivity index (χ0v) is 27.1. The minimum atomic E-state index is 0.899. The zero-order chi connectivity index (χ0) is 33.3. The van der Waals surface area contributed by atoms with Gasteiger partial charge < -0.3 is 0 Å². The lowest BCUT2D eigenvalue weighted by Gasteiger charge is -2.19. The van der Waals surface area contributed by atoms with E-state index in [1.807, 2.05) is 48.8 Å². The van der Waals surface area contributed by atoms with Crippen LogP contribution in [0.25, 0.3) is 88.8 Å². The van der Waals surface area contributed by atoms with E-state index in [9.17, 15) is 0 Å². The molecule has 0 amide bonds. The van der Waals surface area contributed by atoms with Gasteiger partial charge in [0.25, 0.3) is 0 Å². The van der Waals surface area contributed by atoms with Crippen LogP contribution in [0.15, 0.2) is 183 Å². The highest BCUT2D eigenvalue weighted by atomic mass is 14.7. The summed E-state index contributed by atoms with van der Waals surface area (Å²) < 4.78 is 0. The molecule has 0 aliphatic carbocycles. The van der Waals surface area contributed by atoms with E-state index in [4.69, 9.17) is 9.97 Å². The number of nitrogens with zero attached hydrogens (tertiary/aromatic N) is 4. The highest BCUT2D eigenvalue weighted by molar-refractivity contribution is 6.22. The van der Waals surface area contributed by atoms with Crippen LogP contribution >= 0.6 is 0 Å². The Balaban J connectivity index is 1.31. The molecule has 0 spiro atoms. The highest BCUT2D eigenvalue weighted by Gasteiger charge is 2.19. The van der Waals surface area contributed by atoms with Crippen molar-refractivity contribution in [1.82, 2.24) is 19.9 Å². The first-order valence-electron chi connectivity index (χ1n) is 16.7. The molecule has 50 heavy (non-hydrogen) atoms. The first-order chi connectivity index (χ1) is 24.8. The summed E-state index contributed by atoms with van der Waals surface area (Å²) in [5.41, 5.74) is 12.5. The number of benzene rings is 5. The summed E-state index contributed by atoms with van der Waals surface area (Å²) in [6.45, 7) is 0. The Labute approximate surface area is 290 Å². The van der Waals surface area contributed by atoms with Gasteiger partial charge in [0, 0.05) is 47.0 Å². The Hall–Kier alpha value is -6.78. The number of hydrogen-bond donors (Lipinski definition) is 0. The molecule has 0 saturated carbocycles. The molecule has 5 aromatic carbocycles. The van der Waals surface area contributed by atoms with Crippen LogP contribution < -0.4 is 0 Å². The Morgan fingerprint density at radius 1 is 0.280 bits per heavy atom. The summed E-state index contributed by atoms with van der Waals surface area (Å²) in [7, 11) is 0. The molecule has 0 bridgehead atoms. The fourth-order valence-corrected chi connectivity index (χ4v) is 6.92. The number of rotatable bonds is 6. The second-order valence-electron chi connectivity index (χ2n) is 12.3. The van der Waals surface area contributed by atoms with Crippen molar-refractivity contribution in [3.63, 3.8) is 0 Å². The van der Waals surface area contributed by atoms with E-state index in [2.05, 4.69) is 131 Å². The zero-order valence-electron chi connectivity index (χ0n) is 27.1. The van der Waals surface area contributed by atoms with Gasteiger partial charge in [-0.3, -0.25) is 9.97 Å². The van der Waals surface area contributed by atoms with Gasteiger partial charge in [0.2, 0.25) is 0 Å². The molecule has 0 saturated heterocycles. The average Bonchev–Trinajstić information content (AvgIpc) is 3.21. The third-order valence-electron chi connectivity index (χ3n) is 9.25. The fourth-order valence-electron chi connectivity index (χ4n) is 6.92. The normalized spacial score (nSPS) is 11.2. The third kappa shape index (κ3) is 5.39. The fraction of sp³-hybridized carbons (Fsp3) is 0. The van der Waals surface area contributed by atoms with Crippen LogP contribution in [0.5, 0.6) is 0 Å². The molecule has 9 aromatic rings. The van der Waals surface area contributed by atoms with Crippen LogP contribution in [0.2, 0.25) is 0 Å². The van der Waals surface area contributed by atoms with E-state index in [-0.39, 0.29) is 0 Å². The maximum absolute atomic E-state index is 5.09. The van der Waals surface area contributed by atoms with Crippen LogP contribution in [0.3, 0.4) is 0 Å². The second kappa shape index (κ2) is 12.7. The Kier molecular flexibility index (Phi) is 7.45. The Morgan fingerprint density at radius 3 is 1.08 bits per heavy atom. The molecule has 0 N–H and O–H groups in total. The predicted octanol–water partition coefficient (Wildman–Crippen LogP) is 11.6. The van der Waals surface area contributed by atoms with Crippen LogP contribution in [0.1, 0.15) is 0 Å². The van der Waals surface area contributed by atoms with Gasteiger partial charge in [-0.05, 0) is 104 Å². The number of hydrogen-bond acceptors (Lipinski definition) is 4. The molecule has 0 unspecified atom stereocenters. The number of fused-ring (bicyclic) bond motifs is 2. The molecule has 0 fully saturated rings. The van der Waals surface area contributed by atoms with E-state index in [0.29, 0.717) is 0 Å². The van der Waals surface area contributed by atoms with Crippen LogP contribution in [-0.2, 0) is 0 Å². The highest BCUT2D eigenvalue weighted by Crippen LogP contribution is 2.45. The summed E-state index contributed by atoms with van der Waals surface area (Å²) in [5, 5.41) is 4.73. The molecule has 4 heterocycles. The van der Waals surface area contributed by atoms with Gasteiger partial charge in [-0.2, -0.15) is 0 Å². The van der Waals surface area contributed by atoms with Gasteiger partial charge in [-0.1, -0.05) is 97.1 Å². The maximum atomic E-state index is 5.09. The summed E-state index contributed by atoms with van der Waals surface area (Å²) in [6.07, 6.45) is 7.29. The SMILES string of the molecule is c1ccc(-c2c3ccc(-c4cccc(-c5cccnc5)n4)cc3c(-c3ccccc3)c3ccc(-c4cccc(-c5cccnc5)n4)cc23)cc1. The number of pyridine rings is 4. The molecule has 0 radical (unpaired) electrons. The van der Waals surface area contributed by atoms with E-state index in [1.54, 1.807) is 12.4 Å².